The SMILES string of the molecule is CN(C)c1ccc(OC2CCCN(C(=O)Cn3ccc4ccccc43)C2)nn1. The first-order valence-electron chi connectivity index (χ1n) is 9.59. The highest BCUT2D eigenvalue weighted by atomic mass is 16.5. The van der Waals surface area contributed by atoms with Gasteiger partial charge in [0.15, 0.2) is 5.82 Å². The first-order valence-corrected chi connectivity index (χ1v) is 9.59. The van der Waals surface area contributed by atoms with Gasteiger partial charge in [0.25, 0.3) is 0 Å². The van der Waals surface area contributed by atoms with Crippen LogP contribution < -0.4 is 9.64 Å². The lowest BCUT2D eigenvalue weighted by Gasteiger charge is -2.32. The minimum atomic E-state index is -0.0568. The summed E-state index contributed by atoms with van der Waals surface area (Å²) in [7, 11) is 3.84. The molecule has 1 unspecified atom stereocenters. The molecule has 0 N–H and O–H groups in total. The molecule has 1 amide bonds. The Kier molecular flexibility index (Phi) is 5.14. The van der Waals surface area contributed by atoms with Gasteiger partial charge in [-0.1, -0.05) is 18.2 Å². The zero-order valence-corrected chi connectivity index (χ0v) is 16.3. The smallest absolute Gasteiger partial charge is 0.242 e. The number of carbonyl (C=O) groups is 1. The highest BCUT2D eigenvalue weighted by Gasteiger charge is 2.25. The molecule has 3 aromatic rings. The number of hydrogen-bond acceptors (Lipinski definition) is 5. The molecular weight excluding hydrogens is 354 g/mol. The fraction of sp³-hybridized carbons (Fsp3) is 0.381. The van der Waals surface area contributed by atoms with E-state index in [1.807, 2.05) is 71.1 Å². The summed E-state index contributed by atoms with van der Waals surface area (Å²) in [5.41, 5.74) is 1.08. The van der Waals surface area contributed by atoms with Crippen LogP contribution in [-0.4, -0.2) is 58.9 Å². The van der Waals surface area contributed by atoms with Crippen molar-refractivity contribution >= 4 is 22.6 Å². The largest absolute Gasteiger partial charge is 0.471 e. The number of fused-ring (bicyclic) bond motifs is 1. The van der Waals surface area contributed by atoms with E-state index in [4.69, 9.17) is 4.74 Å². The van der Waals surface area contributed by atoms with Gasteiger partial charge in [-0.2, -0.15) is 0 Å². The van der Waals surface area contributed by atoms with Crippen molar-refractivity contribution in [3.05, 3.63) is 48.7 Å². The van der Waals surface area contributed by atoms with Gasteiger partial charge in [0, 0.05) is 38.4 Å². The van der Waals surface area contributed by atoms with Crippen LogP contribution in [0, 0.1) is 0 Å². The summed E-state index contributed by atoms with van der Waals surface area (Å²) >= 11 is 0. The molecule has 0 bridgehead atoms. The van der Waals surface area contributed by atoms with Gasteiger partial charge in [-0.25, -0.2) is 0 Å². The number of para-hydroxylation sites is 1. The normalized spacial score (nSPS) is 16.9. The second-order valence-electron chi connectivity index (χ2n) is 7.35. The summed E-state index contributed by atoms with van der Waals surface area (Å²) in [6.45, 7) is 1.69. The van der Waals surface area contributed by atoms with E-state index in [0.29, 0.717) is 19.0 Å². The average molecular weight is 379 g/mol. The molecule has 0 aliphatic carbocycles. The molecule has 7 heteroatoms. The lowest BCUT2D eigenvalue weighted by Crippen LogP contribution is -2.45. The molecule has 28 heavy (non-hydrogen) atoms. The number of hydrogen-bond donors (Lipinski definition) is 0. The standard InChI is InChI=1S/C21H25N5O2/c1-24(2)19-9-10-20(23-22-19)28-17-7-5-12-26(14-17)21(27)15-25-13-11-16-6-3-4-8-18(16)25/h3-4,6,8-11,13,17H,5,7,12,14-15H2,1-2H3. The Morgan fingerprint density at radius 2 is 2.04 bits per heavy atom. The van der Waals surface area contributed by atoms with Gasteiger partial charge >= 0.3 is 0 Å². The Morgan fingerprint density at radius 3 is 2.82 bits per heavy atom. The van der Waals surface area contributed by atoms with E-state index in [2.05, 4.69) is 16.3 Å². The minimum Gasteiger partial charge on any atom is -0.471 e. The topological polar surface area (TPSA) is 63.5 Å². The number of benzene rings is 1. The predicted molar refractivity (Wildman–Crippen MR) is 109 cm³/mol. The molecule has 1 atom stereocenters. The fourth-order valence-corrected chi connectivity index (χ4v) is 3.57. The molecule has 1 saturated heterocycles. The molecule has 0 spiro atoms. The molecule has 1 fully saturated rings. The van der Waals surface area contributed by atoms with Crippen molar-refractivity contribution in [1.82, 2.24) is 19.7 Å². The van der Waals surface area contributed by atoms with Crippen LogP contribution in [-0.2, 0) is 11.3 Å². The van der Waals surface area contributed by atoms with Crippen LogP contribution in [0.2, 0.25) is 0 Å². The monoisotopic (exact) mass is 379 g/mol. The average Bonchev–Trinajstić information content (AvgIpc) is 3.11. The first kappa shape index (κ1) is 18.3. The molecule has 0 saturated carbocycles. The van der Waals surface area contributed by atoms with Crippen LogP contribution >= 0.6 is 0 Å². The first-order chi connectivity index (χ1) is 13.6. The van der Waals surface area contributed by atoms with Crippen LogP contribution in [0.25, 0.3) is 10.9 Å². The van der Waals surface area contributed by atoms with Crippen molar-refractivity contribution in [2.75, 3.05) is 32.1 Å². The molecule has 3 heterocycles. The van der Waals surface area contributed by atoms with Crippen molar-refractivity contribution in [1.29, 1.82) is 0 Å². The third kappa shape index (κ3) is 3.93. The number of rotatable bonds is 5. The Hall–Kier alpha value is -3.09. The summed E-state index contributed by atoms with van der Waals surface area (Å²) < 4.78 is 7.99. The van der Waals surface area contributed by atoms with Gasteiger partial charge in [-0.05, 0) is 36.4 Å². The lowest BCUT2D eigenvalue weighted by molar-refractivity contribution is -0.134. The summed E-state index contributed by atoms with van der Waals surface area (Å²) in [6, 6.07) is 13.9. The van der Waals surface area contributed by atoms with E-state index in [1.54, 1.807) is 0 Å². The molecule has 1 aromatic carbocycles. The van der Waals surface area contributed by atoms with Gasteiger partial charge < -0.3 is 19.1 Å². The molecule has 0 radical (unpaired) electrons. The van der Waals surface area contributed by atoms with Crippen molar-refractivity contribution < 1.29 is 9.53 Å². The highest BCUT2D eigenvalue weighted by molar-refractivity contribution is 5.83. The number of likely N-dealkylation sites (tertiary alicyclic amines) is 1. The quantitative estimate of drug-likeness (QED) is 0.682. The predicted octanol–water partition coefficient (Wildman–Crippen LogP) is 2.57. The van der Waals surface area contributed by atoms with Crippen molar-refractivity contribution in [2.45, 2.75) is 25.5 Å². The molecule has 1 aliphatic rings. The van der Waals surface area contributed by atoms with E-state index < -0.39 is 0 Å². The Morgan fingerprint density at radius 1 is 1.18 bits per heavy atom. The van der Waals surface area contributed by atoms with Gasteiger partial charge in [-0.15, -0.1) is 10.2 Å². The van der Waals surface area contributed by atoms with Crippen molar-refractivity contribution in [3.63, 3.8) is 0 Å². The number of amides is 1. The van der Waals surface area contributed by atoms with E-state index in [1.165, 1.54) is 0 Å². The Labute approximate surface area is 164 Å². The number of nitrogens with zero attached hydrogens (tertiary/aromatic N) is 5. The number of anilines is 1. The van der Waals surface area contributed by atoms with Crippen LogP contribution in [0.3, 0.4) is 0 Å². The molecule has 146 valence electrons. The highest BCUT2D eigenvalue weighted by Crippen LogP contribution is 2.19. The summed E-state index contributed by atoms with van der Waals surface area (Å²) in [4.78, 5) is 16.6. The van der Waals surface area contributed by atoms with E-state index in [9.17, 15) is 4.79 Å². The zero-order chi connectivity index (χ0) is 19.5. The van der Waals surface area contributed by atoms with Gasteiger partial charge in [-0.3, -0.25) is 4.79 Å². The van der Waals surface area contributed by atoms with Gasteiger partial charge in [0.1, 0.15) is 12.6 Å². The molecule has 1 aliphatic heterocycles. The molecule has 4 rings (SSSR count). The molecule has 2 aromatic heterocycles. The second-order valence-corrected chi connectivity index (χ2v) is 7.35. The zero-order valence-electron chi connectivity index (χ0n) is 16.3. The maximum absolute atomic E-state index is 12.8. The Bertz CT molecular complexity index is 951. The van der Waals surface area contributed by atoms with Gasteiger partial charge in [0.05, 0.1) is 6.54 Å². The number of carbonyl (C=O) groups excluding carboxylic acids is 1. The summed E-state index contributed by atoms with van der Waals surface area (Å²) in [5, 5.41) is 9.43. The van der Waals surface area contributed by atoms with Gasteiger partial charge in [0.2, 0.25) is 11.8 Å². The number of aromatic nitrogens is 3. The van der Waals surface area contributed by atoms with Crippen molar-refractivity contribution in [3.8, 4) is 5.88 Å². The summed E-state index contributed by atoms with van der Waals surface area (Å²) in [6.07, 6.45) is 3.75. The van der Waals surface area contributed by atoms with E-state index >= 15 is 0 Å². The third-order valence-corrected chi connectivity index (χ3v) is 5.09. The lowest BCUT2D eigenvalue weighted by atomic mass is 10.1. The molecular formula is C21H25N5O2. The maximum Gasteiger partial charge on any atom is 0.242 e. The van der Waals surface area contributed by atoms with Crippen LogP contribution in [0.1, 0.15) is 12.8 Å². The number of piperidine rings is 1. The van der Waals surface area contributed by atoms with E-state index in [0.717, 1.165) is 36.1 Å². The third-order valence-electron chi connectivity index (χ3n) is 5.09. The van der Waals surface area contributed by atoms with E-state index in [-0.39, 0.29) is 12.0 Å². The van der Waals surface area contributed by atoms with Crippen LogP contribution in [0.15, 0.2) is 48.7 Å². The fourth-order valence-electron chi connectivity index (χ4n) is 3.57. The minimum absolute atomic E-state index is 0.0568. The summed E-state index contributed by atoms with van der Waals surface area (Å²) in [5.74, 6) is 1.40. The van der Waals surface area contributed by atoms with Crippen molar-refractivity contribution in [2.24, 2.45) is 0 Å². The van der Waals surface area contributed by atoms with Crippen LogP contribution in [0.5, 0.6) is 5.88 Å². The van der Waals surface area contributed by atoms with Crippen LogP contribution in [0.4, 0.5) is 5.82 Å². The number of ether oxygens (including phenoxy) is 1. The maximum atomic E-state index is 12.8. The second kappa shape index (κ2) is 7.88. The molecule has 7 nitrogen and oxygen atoms in total. The Balaban J connectivity index is 1.38.